The summed E-state index contributed by atoms with van der Waals surface area (Å²) < 4.78 is 34.5. The molecule has 2 aromatic heterocycles. The Morgan fingerprint density at radius 1 is 1.31 bits per heavy atom. The molecule has 1 saturated heterocycles. The topological polar surface area (TPSA) is 115 Å². The van der Waals surface area contributed by atoms with E-state index in [1.807, 2.05) is 26.2 Å². The van der Waals surface area contributed by atoms with E-state index in [1.54, 1.807) is 6.07 Å². The van der Waals surface area contributed by atoms with Crippen molar-refractivity contribution >= 4 is 43.5 Å². The molecule has 0 unspecified atom stereocenters. The Hall–Kier alpha value is -2.50. The van der Waals surface area contributed by atoms with Crippen LogP contribution in [0.15, 0.2) is 37.7 Å². The summed E-state index contributed by atoms with van der Waals surface area (Å²) in [5.41, 5.74) is 1.69. The minimum atomic E-state index is -3.72. The third-order valence-corrected chi connectivity index (χ3v) is 8.42. The van der Waals surface area contributed by atoms with Crippen LogP contribution in [0.5, 0.6) is 0 Å². The monoisotopic (exact) mass is 478 g/mol. The van der Waals surface area contributed by atoms with E-state index >= 15 is 0 Å². The first kappa shape index (κ1) is 22.7. The van der Waals surface area contributed by atoms with Gasteiger partial charge in [0.15, 0.2) is 10.7 Å². The number of hydrogen-bond donors (Lipinski definition) is 1. The van der Waals surface area contributed by atoms with Crippen LogP contribution in [-0.2, 0) is 14.8 Å². The van der Waals surface area contributed by atoms with Gasteiger partial charge < -0.3 is 9.73 Å². The molecule has 0 bridgehead atoms. The van der Waals surface area contributed by atoms with E-state index < -0.39 is 15.8 Å². The first-order valence-electron chi connectivity index (χ1n) is 10.5. The molecule has 0 spiro atoms. The van der Waals surface area contributed by atoms with Crippen molar-refractivity contribution in [2.24, 2.45) is 5.92 Å². The van der Waals surface area contributed by atoms with Gasteiger partial charge in [-0.05, 0) is 51.7 Å². The van der Waals surface area contributed by atoms with Crippen molar-refractivity contribution in [2.75, 3.05) is 18.4 Å². The van der Waals surface area contributed by atoms with E-state index in [0.29, 0.717) is 43.0 Å². The molecule has 32 heavy (non-hydrogen) atoms. The second kappa shape index (κ2) is 8.80. The Morgan fingerprint density at radius 2 is 2.03 bits per heavy atom. The second-order valence-electron chi connectivity index (χ2n) is 8.36. The molecule has 1 aromatic carbocycles. The molecule has 0 radical (unpaired) electrons. The van der Waals surface area contributed by atoms with E-state index in [2.05, 4.69) is 10.3 Å². The molecular formula is C21H26N4O5S2. The van der Waals surface area contributed by atoms with Gasteiger partial charge in [-0.1, -0.05) is 0 Å². The fourth-order valence-electron chi connectivity index (χ4n) is 4.01. The third-order valence-electron chi connectivity index (χ3n) is 5.65. The third kappa shape index (κ3) is 4.50. The molecule has 11 heteroatoms. The summed E-state index contributed by atoms with van der Waals surface area (Å²) in [4.78, 5) is 28.7. The van der Waals surface area contributed by atoms with Crippen molar-refractivity contribution in [3.63, 3.8) is 0 Å². The van der Waals surface area contributed by atoms with E-state index in [1.165, 1.54) is 32.3 Å². The fourth-order valence-corrected chi connectivity index (χ4v) is 6.20. The van der Waals surface area contributed by atoms with Crippen LogP contribution < -0.4 is 11.1 Å². The molecule has 3 heterocycles. The number of aromatic nitrogens is 2. The SMILES string of the molecule is Cc1csc(NC(=O)CC2CCN(S(=O)(=O)c3ccc4c(c3)oc(=O)n4C(C)C)CC2)n1. The average molecular weight is 479 g/mol. The van der Waals surface area contributed by atoms with Crippen molar-refractivity contribution in [3.8, 4) is 0 Å². The second-order valence-corrected chi connectivity index (χ2v) is 11.2. The van der Waals surface area contributed by atoms with Gasteiger partial charge in [0.25, 0.3) is 0 Å². The summed E-state index contributed by atoms with van der Waals surface area (Å²) in [5.74, 6) is -0.490. The lowest BCUT2D eigenvalue weighted by atomic mass is 9.94. The van der Waals surface area contributed by atoms with Crippen molar-refractivity contribution < 1.29 is 17.6 Å². The number of thiazole rings is 1. The minimum Gasteiger partial charge on any atom is -0.408 e. The van der Waals surface area contributed by atoms with Gasteiger partial charge in [-0.2, -0.15) is 4.31 Å². The standard InChI is InChI=1S/C21H26N4O5S2/c1-13(2)25-17-5-4-16(11-18(17)30-21(25)27)32(28,29)24-8-6-15(7-9-24)10-19(26)23-20-22-14(3)12-31-20/h4-5,11-13,15H,6-10H2,1-3H3,(H,22,23,26). The maximum absolute atomic E-state index is 13.1. The number of fused-ring (bicyclic) bond motifs is 1. The molecule has 4 rings (SSSR count). The number of oxazole rings is 1. The highest BCUT2D eigenvalue weighted by Gasteiger charge is 2.31. The van der Waals surface area contributed by atoms with Crippen LogP contribution in [0.3, 0.4) is 0 Å². The Bertz CT molecular complexity index is 1300. The van der Waals surface area contributed by atoms with Gasteiger partial charge >= 0.3 is 5.76 Å². The van der Waals surface area contributed by atoms with E-state index in [-0.39, 0.29) is 28.3 Å². The number of piperidine rings is 1. The summed E-state index contributed by atoms with van der Waals surface area (Å²) in [6.07, 6.45) is 1.54. The van der Waals surface area contributed by atoms with Gasteiger partial charge in [-0.3, -0.25) is 9.36 Å². The normalized spacial score (nSPS) is 16.1. The molecule has 1 N–H and O–H groups in total. The summed E-state index contributed by atoms with van der Waals surface area (Å²) in [6.45, 7) is 6.28. The zero-order valence-electron chi connectivity index (χ0n) is 18.2. The van der Waals surface area contributed by atoms with Crippen molar-refractivity contribution in [2.45, 2.75) is 51.0 Å². The molecule has 1 aliphatic heterocycles. The van der Waals surface area contributed by atoms with Gasteiger partial charge in [-0.15, -0.1) is 11.3 Å². The van der Waals surface area contributed by atoms with Crippen molar-refractivity contribution in [1.29, 1.82) is 0 Å². The summed E-state index contributed by atoms with van der Waals surface area (Å²) in [6, 6.07) is 4.45. The molecule has 3 aromatic rings. The molecule has 1 aliphatic rings. The van der Waals surface area contributed by atoms with Crippen LogP contribution in [0.1, 0.15) is 44.8 Å². The maximum atomic E-state index is 13.1. The van der Waals surface area contributed by atoms with E-state index in [4.69, 9.17) is 4.42 Å². The van der Waals surface area contributed by atoms with Crippen molar-refractivity contribution in [3.05, 3.63) is 39.8 Å². The Labute approximate surface area is 190 Å². The quantitative estimate of drug-likeness (QED) is 0.581. The van der Waals surface area contributed by atoms with Crippen LogP contribution >= 0.6 is 11.3 Å². The summed E-state index contributed by atoms with van der Waals surface area (Å²) in [7, 11) is -3.72. The van der Waals surface area contributed by atoms with Crippen LogP contribution in [0.25, 0.3) is 11.1 Å². The number of benzene rings is 1. The number of aryl methyl sites for hydroxylation is 1. The van der Waals surface area contributed by atoms with Crippen LogP contribution in [0.4, 0.5) is 5.13 Å². The maximum Gasteiger partial charge on any atom is 0.420 e. The lowest BCUT2D eigenvalue weighted by Gasteiger charge is -2.30. The molecule has 9 nitrogen and oxygen atoms in total. The highest BCUT2D eigenvalue weighted by molar-refractivity contribution is 7.89. The van der Waals surface area contributed by atoms with Gasteiger partial charge in [-0.25, -0.2) is 18.2 Å². The lowest BCUT2D eigenvalue weighted by molar-refractivity contribution is -0.117. The van der Waals surface area contributed by atoms with Gasteiger partial charge in [0.1, 0.15) is 0 Å². The van der Waals surface area contributed by atoms with Crippen LogP contribution in [-0.4, -0.2) is 41.3 Å². The molecular weight excluding hydrogens is 452 g/mol. The molecule has 1 fully saturated rings. The highest BCUT2D eigenvalue weighted by Crippen LogP contribution is 2.28. The number of sulfonamides is 1. The van der Waals surface area contributed by atoms with Crippen LogP contribution in [0.2, 0.25) is 0 Å². The Morgan fingerprint density at radius 3 is 2.66 bits per heavy atom. The summed E-state index contributed by atoms with van der Waals surface area (Å²) >= 11 is 1.39. The smallest absolute Gasteiger partial charge is 0.408 e. The predicted octanol–water partition coefficient (Wildman–Crippen LogP) is 3.37. The van der Waals surface area contributed by atoms with E-state index in [0.717, 1.165) is 5.69 Å². The minimum absolute atomic E-state index is 0.0953. The molecule has 0 aliphatic carbocycles. The number of nitrogens with zero attached hydrogens (tertiary/aromatic N) is 3. The number of nitrogens with one attached hydrogen (secondary N) is 1. The molecule has 172 valence electrons. The first-order valence-corrected chi connectivity index (χ1v) is 12.8. The van der Waals surface area contributed by atoms with Crippen LogP contribution in [0, 0.1) is 12.8 Å². The number of amides is 1. The Balaban J connectivity index is 1.41. The zero-order valence-corrected chi connectivity index (χ0v) is 19.8. The first-order chi connectivity index (χ1) is 15.1. The highest BCUT2D eigenvalue weighted by atomic mass is 32.2. The zero-order chi connectivity index (χ0) is 23.0. The Kier molecular flexibility index (Phi) is 6.24. The molecule has 1 amide bonds. The van der Waals surface area contributed by atoms with Crippen molar-refractivity contribution in [1.82, 2.24) is 13.9 Å². The largest absolute Gasteiger partial charge is 0.420 e. The van der Waals surface area contributed by atoms with Gasteiger partial charge in [0.05, 0.1) is 16.1 Å². The van der Waals surface area contributed by atoms with E-state index in [9.17, 15) is 18.0 Å². The fraction of sp³-hybridized carbons (Fsp3) is 0.476. The number of carbonyl (C=O) groups excluding carboxylic acids is 1. The molecule has 0 atom stereocenters. The van der Waals surface area contributed by atoms with Gasteiger partial charge in [0, 0.05) is 37.0 Å². The summed E-state index contributed by atoms with van der Waals surface area (Å²) in [5, 5.41) is 5.27. The lowest BCUT2D eigenvalue weighted by Crippen LogP contribution is -2.39. The average Bonchev–Trinajstić information content (AvgIpc) is 3.29. The number of anilines is 1. The number of carbonyl (C=O) groups is 1. The number of hydrogen-bond acceptors (Lipinski definition) is 7. The van der Waals surface area contributed by atoms with Gasteiger partial charge in [0.2, 0.25) is 15.9 Å². The molecule has 0 saturated carbocycles. The number of rotatable bonds is 6. The predicted molar refractivity (Wildman–Crippen MR) is 122 cm³/mol.